The van der Waals surface area contributed by atoms with Crippen LogP contribution in [-0.2, 0) is 9.53 Å². The molecule has 3 aromatic carbocycles. The minimum Gasteiger partial charge on any atom is -0.496 e. The van der Waals surface area contributed by atoms with Gasteiger partial charge in [0.05, 0.1) is 36.7 Å². The van der Waals surface area contributed by atoms with Gasteiger partial charge in [-0.05, 0) is 48.5 Å². The predicted octanol–water partition coefficient (Wildman–Crippen LogP) is 4.91. The first kappa shape index (κ1) is 24.1. The van der Waals surface area contributed by atoms with Crippen molar-refractivity contribution in [1.82, 2.24) is 9.66 Å². The molecule has 0 N–H and O–H groups in total. The van der Waals surface area contributed by atoms with Crippen molar-refractivity contribution in [3.63, 3.8) is 0 Å². The quantitative estimate of drug-likeness (QED) is 0.223. The van der Waals surface area contributed by atoms with Crippen molar-refractivity contribution >= 4 is 45.7 Å². The number of para-hydroxylation sites is 1. The first-order chi connectivity index (χ1) is 18.0. The van der Waals surface area contributed by atoms with Gasteiger partial charge in [0.2, 0.25) is 5.82 Å². The number of carbonyl (C=O) groups excluding carboxylic acids is 1. The van der Waals surface area contributed by atoms with Crippen LogP contribution in [0.5, 0.6) is 11.5 Å². The molecule has 0 aliphatic carbocycles. The largest absolute Gasteiger partial charge is 0.496 e. The highest BCUT2D eigenvalue weighted by Gasteiger charge is 2.18. The summed E-state index contributed by atoms with van der Waals surface area (Å²) >= 11 is 6.18. The first-order valence-corrected chi connectivity index (χ1v) is 11.5. The molecular formula is C27H20ClN3O6. The maximum Gasteiger partial charge on any atom is 0.343 e. The number of furan rings is 1. The molecule has 186 valence electrons. The molecule has 37 heavy (non-hydrogen) atoms. The van der Waals surface area contributed by atoms with Crippen molar-refractivity contribution < 1.29 is 23.4 Å². The molecular weight excluding hydrogens is 498 g/mol. The number of aromatic nitrogens is 2. The topological polar surface area (TPSA) is 105 Å². The predicted molar refractivity (Wildman–Crippen MR) is 140 cm³/mol. The van der Waals surface area contributed by atoms with E-state index in [2.05, 4.69) is 14.8 Å². The Morgan fingerprint density at radius 1 is 1.05 bits per heavy atom. The van der Waals surface area contributed by atoms with E-state index in [9.17, 15) is 9.59 Å². The SMILES string of the molecule is COC(=O)COc1ccc(Cl)cc1C=Nn1c(-c2cc3c(OC)cccc3o2)nc2ccccc2c1=O. The Morgan fingerprint density at radius 2 is 1.89 bits per heavy atom. The Hall–Kier alpha value is -4.63. The van der Waals surface area contributed by atoms with E-state index in [1.807, 2.05) is 12.1 Å². The Balaban J connectivity index is 1.66. The van der Waals surface area contributed by atoms with Crippen LogP contribution in [0.1, 0.15) is 5.56 Å². The summed E-state index contributed by atoms with van der Waals surface area (Å²) in [5.74, 6) is 0.924. The van der Waals surface area contributed by atoms with Crippen molar-refractivity contribution in [3.8, 4) is 23.1 Å². The summed E-state index contributed by atoms with van der Waals surface area (Å²) < 4.78 is 22.8. The van der Waals surface area contributed by atoms with Crippen LogP contribution in [0.4, 0.5) is 0 Å². The Labute approximate surface area is 215 Å². The molecule has 0 atom stereocenters. The van der Waals surface area contributed by atoms with Crippen molar-refractivity contribution in [2.45, 2.75) is 0 Å². The van der Waals surface area contributed by atoms with Crippen LogP contribution in [0.25, 0.3) is 33.5 Å². The van der Waals surface area contributed by atoms with Gasteiger partial charge in [0, 0.05) is 10.6 Å². The van der Waals surface area contributed by atoms with Crippen molar-refractivity contribution in [2.24, 2.45) is 5.10 Å². The van der Waals surface area contributed by atoms with Crippen molar-refractivity contribution in [2.75, 3.05) is 20.8 Å². The van der Waals surface area contributed by atoms with Crippen LogP contribution in [0.15, 0.2) is 81.0 Å². The lowest BCUT2D eigenvalue weighted by Gasteiger charge is -2.10. The number of hydrogen-bond donors (Lipinski definition) is 0. The van der Waals surface area contributed by atoms with Gasteiger partial charge in [-0.1, -0.05) is 29.8 Å². The van der Waals surface area contributed by atoms with Crippen LogP contribution in [-0.4, -0.2) is 42.7 Å². The van der Waals surface area contributed by atoms with Crippen LogP contribution in [0, 0.1) is 0 Å². The molecule has 2 heterocycles. The van der Waals surface area contributed by atoms with Gasteiger partial charge in [0.1, 0.15) is 17.1 Å². The third-order valence-corrected chi connectivity index (χ3v) is 5.81. The number of benzene rings is 3. The zero-order chi connectivity index (χ0) is 25.9. The van der Waals surface area contributed by atoms with Gasteiger partial charge >= 0.3 is 5.97 Å². The van der Waals surface area contributed by atoms with Gasteiger partial charge < -0.3 is 18.6 Å². The second kappa shape index (κ2) is 10.2. The minimum atomic E-state index is -0.546. The summed E-state index contributed by atoms with van der Waals surface area (Å²) in [4.78, 5) is 29.7. The summed E-state index contributed by atoms with van der Waals surface area (Å²) in [6.45, 7) is -0.303. The molecule has 0 bridgehead atoms. The number of hydrogen-bond acceptors (Lipinski definition) is 8. The summed E-state index contributed by atoms with van der Waals surface area (Å²) in [6, 6.07) is 18.9. The van der Waals surface area contributed by atoms with E-state index in [1.54, 1.807) is 61.7 Å². The summed E-state index contributed by atoms with van der Waals surface area (Å²) in [5.41, 5.74) is 1.10. The smallest absolute Gasteiger partial charge is 0.343 e. The molecule has 0 aliphatic heterocycles. The minimum absolute atomic E-state index is 0.192. The molecule has 0 saturated heterocycles. The second-order valence-corrected chi connectivity index (χ2v) is 8.28. The highest BCUT2D eigenvalue weighted by atomic mass is 35.5. The lowest BCUT2D eigenvalue weighted by Crippen LogP contribution is -2.20. The summed E-state index contributed by atoms with van der Waals surface area (Å²) in [7, 11) is 2.84. The number of nitrogens with zero attached hydrogens (tertiary/aromatic N) is 3. The third-order valence-electron chi connectivity index (χ3n) is 5.57. The summed E-state index contributed by atoms with van der Waals surface area (Å²) in [6.07, 6.45) is 1.41. The molecule has 0 amide bonds. The van der Waals surface area contributed by atoms with E-state index in [0.717, 1.165) is 10.1 Å². The van der Waals surface area contributed by atoms with Gasteiger partial charge in [-0.2, -0.15) is 9.78 Å². The van der Waals surface area contributed by atoms with Crippen LogP contribution >= 0.6 is 11.6 Å². The van der Waals surface area contributed by atoms with Crippen molar-refractivity contribution in [3.05, 3.63) is 87.7 Å². The first-order valence-electron chi connectivity index (χ1n) is 11.1. The van der Waals surface area contributed by atoms with Gasteiger partial charge in [0.25, 0.3) is 5.56 Å². The number of esters is 1. The molecule has 10 heteroatoms. The molecule has 2 aromatic heterocycles. The van der Waals surface area contributed by atoms with Crippen LogP contribution in [0.3, 0.4) is 0 Å². The molecule has 0 aliphatic rings. The Morgan fingerprint density at radius 3 is 2.70 bits per heavy atom. The normalized spacial score (nSPS) is 11.3. The fraction of sp³-hybridized carbons (Fsp3) is 0.111. The maximum absolute atomic E-state index is 13.5. The van der Waals surface area contributed by atoms with Gasteiger partial charge in [-0.15, -0.1) is 0 Å². The molecule has 0 radical (unpaired) electrons. The van der Waals surface area contributed by atoms with E-state index >= 15 is 0 Å². The van der Waals surface area contributed by atoms with Gasteiger partial charge in [-0.25, -0.2) is 9.78 Å². The fourth-order valence-electron chi connectivity index (χ4n) is 3.78. The number of fused-ring (bicyclic) bond motifs is 2. The monoisotopic (exact) mass is 517 g/mol. The van der Waals surface area contributed by atoms with E-state index in [4.69, 9.17) is 25.5 Å². The molecule has 9 nitrogen and oxygen atoms in total. The standard InChI is InChI=1S/C27H20ClN3O6/c1-34-22-8-5-9-23-19(22)13-24(37-23)26-30-20-7-4-3-6-18(20)27(33)31(26)29-14-16-12-17(28)10-11-21(16)36-15-25(32)35-2/h3-14H,15H2,1-2H3. The van der Waals surface area contributed by atoms with Crippen molar-refractivity contribution in [1.29, 1.82) is 0 Å². The Kier molecular flexibility index (Phi) is 6.61. The molecule has 5 rings (SSSR count). The Bertz CT molecular complexity index is 1720. The maximum atomic E-state index is 13.5. The average Bonchev–Trinajstić information content (AvgIpc) is 3.36. The average molecular weight is 518 g/mol. The highest BCUT2D eigenvalue weighted by molar-refractivity contribution is 6.30. The zero-order valence-corrected chi connectivity index (χ0v) is 20.6. The fourth-order valence-corrected chi connectivity index (χ4v) is 3.96. The highest BCUT2D eigenvalue weighted by Crippen LogP contribution is 2.33. The summed E-state index contributed by atoms with van der Waals surface area (Å²) in [5, 5.41) is 5.96. The van der Waals surface area contributed by atoms with E-state index in [1.165, 1.54) is 13.3 Å². The van der Waals surface area contributed by atoms with Gasteiger partial charge in [0.15, 0.2) is 12.4 Å². The van der Waals surface area contributed by atoms with Gasteiger partial charge in [-0.3, -0.25) is 4.79 Å². The number of halogens is 1. The zero-order valence-electron chi connectivity index (χ0n) is 19.8. The molecule has 0 spiro atoms. The molecule has 0 saturated carbocycles. The number of methoxy groups -OCH3 is 2. The molecule has 0 unspecified atom stereocenters. The number of rotatable bonds is 7. The van der Waals surface area contributed by atoms with E-state index in [-0.39, 0.29) is 12.4 Å². The third kappa shape index (κ3) is 4.76. The molecule has 0 fully saturated rings. The van der Waals surface area contributed by atoms with E-state index in [0.29, 0.717) is 44.3 Å². The molecule has 5 aromatic rings. The van der Waals surface area contributed by atoms with Crippen LogP contribution in [0.2, 0.25) is 5.02 Å². The number of carbonyl (C=O) groups is 1. The lowest BCUT2D eigenvalue weighted by atomic mass is 10.2. The van der Waals surface area contributed by atoms with Crippen LogP contribution < -0.4 is 15.0 Å². The van der Waals surface area contributed by atoms with E-state index < -0.39 is 11.5 Å². The lowest BCUT2D eigenvalue weighted by molar-refractivity contribution is -0.142. The second-order valence-electron chi connectivity index (χ2n) is 7.84. The number of ether oxygens (including phenoxy) is 3.